The molecule has 3 aromatic carbocycles. The number of phenolic OH excluding ortho intramolecular Hbond substituents is 1. The van der Waals surface area contributed by atoms with Gasteiger partial charge in [-0.1, -0.05) is 55.8 Å². The molecule has 0 atom stereocenters. The van der Waals surface area contributed by atoms with E-state index >= 15 is 0 Å². The predicted molar refractivity (Wildman–Crippen MR) is 112 cm³/mol. The average Bonchev–Trinajstić information content (AvgIpc) is 2.74. The molecule has 6 heteroatoms. The number of nitrogens with zero attached hydrogens (tertiary/aromatic N) is 2. The fraction of sp³-hybridized carbons (Fsp3) is 0.208. The van der Waals surface area contributed by atoms with Gasteiger partial charge in [0.05, 0.1) is 11.4 Å². The molecular formula is C24H25N2NaO3. The van der Waals surface area contributed by atoms with Crippen molar-refractivity contribution in [2.75, 3.05) is 0 Å². The Hall–Kier alpha value is -2.47. The molecule has 5 nitrogen and oxygen atoms in total. The summed E-state index contributed by atoms with van der Waals surface area (Å²) in [5, 5.41) is 27.3. The Labute approximate surface area is 199 Å². The van der Waals surface area contributed by atoms with Crippen molar-refractivity contribution < 1.29 is 44.6 Å². The maximum absolute atomic E-state index is 10.1. The van der Waals surface area contributed by atoms with Gasteiger partial charge >= 0.3 is 29.6 Å². The van der Waals surface area contributed by atoms with Crippen molar-refractivity contribution in [3.63, 3.8) is 0 Å². The van der Waals surface area contributed by atoms with E-state index < -0.39 is 5.97 Å². The molecule has 0 aromatic heterocycles. The molecule has 0 amide bonds. The summed E-state index contributed by atoms with van der Waals surface area (Å²) >= 11 is 0. The Balaban J connectivity index is 0.000000324. The largest absolute Gasteiger partial charge is 1.00 e. The first kappa shape index (κ1) is 25.6. The molecule has 0 unspecified atom stereocenters. The Kier molecular flexibility index (Phi) is 12.4. The number of carboxylic acids is 1. The van der Waals surface area contributed by atoms with Crippen LogP contribution in [0.15, 0.2) is 89.1 Å². The molecule has 0 aliphatic rings. The van der Waals surface area contributed by atoms with Crippen molar-refractivity contribution in [1.82, 2.24) is 0 Å². The number of azo groups is 1. The summed E-state index contributed by atoms with van der Waals surface area (Å²) in [6, 6.07) is 24.1. The molecule has 0 heterocycles. The van der Waals surface area contributed by atoms with E-state index in [1.807, 2.05) is 42.5 Å². The van der Waals surface area contributed by atoms with E-state index in [0.29, 0.717) is 5.56 Å². The molecule has 1 N–H and O–H groups in total. The maximum atomic E-state index is 10.1. The van der Waals surface area contributed by atoms with Crippen LogP contribution in [0.3, 0.4) is 0 Å². The maximum Gasteiger partial charge on any atom is 1.00 e. The van der Waals surface area contributed by atoms with Crippen molar-refractivity contribution in [3.8, 4) is 5.75 Å². The number of aliphatic carboxylic acids is 1. The number of aromatic hydroxyl groups is 1. The number of phenols is 1. The summed E-state index contributed by atoms with van der Waals surface area (Å²) < 4.78 is 0. The fourth-order valence-electron chi connectivity index (χ4n) is 2.50. The quantitative estimate of drug-likeness (QED) is 0.477. The van der Waals surface area contributed by atoms with Crippen molar-refractivity contribution in [3.05, 3.63) is 90.0 Å². The third-order valence-corrected chi connectivity index (χ3v) is 4.08. The van der Waals surface area contributed by atoms with Crippen LogP contribution in [0.1, 0.15) is 30.9 Å². The number of carbonyl (C=O) groups excluding carboxylic acids is 1. The van der Waals surface area contributed by atoms with Crippen LogP contribution in [0, 0.1) is 0 Å². The minimum atomic E-state index is -1.12. The van der Waals surface area contributed by atoms with Gasteiger partial charge in [0.2, 0.25) is 0 Å². The molecule has 0 aliphatic heterocycles. The van der Waals surface area contributed by atoms with Gasteiger partial charge < -0.3 is 15.0 Å². The number of carbonyl (C=O) groups is 1. The topological polar surface area (TPSA) is 85.1 Å². The minimum Gasteiger partial charge on any atom is -0.550 e. The smallest absolute Gasteiger partial charge is 0.550 e. The summed E-state index contributed by atoms with van der Waals surface area (Å²) in [6.45, 7) is 2.21. The van der Waals surface area contributed by atoms with Crippen molar-refractivity contribution in [2.45, 2.75) is 32.6 Å². The van der Waals surface area contributed by atoms with Crippen molar-refractivity contribution >= 4 is 17.3 Å². The summed E-state index contributed by atoms with van der Waals surface area (Å²) in [4.78, 5) is 10.1. The third-order valence-electron chi connectivity index (χ3n) is 4.08. The van der Waals surface area contributed by atoms with Crippen LogP contribution >= 0.6 is 0 Å². The molecular weight excluding hydrogens is 387 g/mol. The Morgan fingerprint density at radius 2 is 1.37 bits per heavy atom. The zero-order valence-electron chi connectivity index (χ0n) is 17.5. The summed E-state index contributed by atoms with van der Waals surface area (Å²) in [7, 11) is 0. The van der Waals surface area contributed by atoms with E-state index in [9.17, 15) is 9.90 Å². The van der Waals surface area contributed by atoms with E-state index in [0.717, 1.165) is 17.8 Å². The number of hydrogen-bond acceptors (Lipinski definition) is 5. The first-order valence-corrected chi connectivity index (χ1v) is 9.60. The molecule has 3 aromatic rings. The SMILES string of the molecule is CCCCc1ccc(/N=N/c2ccccc2)cc1.O=C([O-])Cc1ccc(O)cc1.[Na+]. The van der Waals surface area contributed by atoms with Gasteiger partial charge in [-0.2, -0.15) is 10.2 Å². The van der Waals surface area contributed by atoms with Crippen LogP contribution in [-0.4, -0.2) is 11.1 Å². The van der Waals surface area contributed by atoms with Crippen molar-refractivity contribution in [1.29, 1.82) is 0 Å². The molecule has 0 fully saturated rings. The van der Waals surface area contributed by atoms with Crippen LogP contribution in [0.4, 0.5) is 11.4 Å². The van der Waals surface area contributed by atoms with Gasteiger partial charge in [-0.05, 0) is 60.4 Å². The van der Waals surface area contributed by atoms with Crippen LogP contribution in [-0.2, 0) is 17.6 Å². The molecule has 0 radical (unpaired) electrons. The van der Waals surface area contributed by atoms with Crippen LogP contribution in [0.2, 0.25) is 0 Å². The molecule has 30 heavy (non-hydrogen) atoms. The number of aryl methyl sites for hydroxylation is 1. The predicted octanol–water partition coefficient (Wildman–Crippen LogP) is 2.13. The Bertz CT molecular complexity index is 896. The van der Waals surface area contributed by atoms with Gasteiger partial charge in [0.15, 0.2) is 0 Å². The Morgan fingerprint density at radius 1 is 0.833 bits per heavy atom. The van der Waals surface area contributed by atoms with E-state index in [1.54, 1.807) is 12.1 Å². The standard InChI is InChI=1S/C16H18N2.C8H8O3.Na/c1-2-3-7-14-10-12-16(13-11-14)18-17-15-8-5-4-6-9-15;9-7-3-1-6(2-4-7)5-8(10)11;/h4-6,8-13H,2-3,7H2,1H3;1-4,9H,5H2,(H,10,11);/q;;+1/p-1/b18-17+;;. The van der Waals surface area contributed by atoms with Gasteiger partial charge in [0.25, 0.3) is 0 Å². The Morgan fingerprint density at radius 3 is 1.90 bits per heavy atom. The number of unbranched alkanes of at least 4 members (excludes halogenated alkanes) is 1. The third kappa shape index (κ3) is 10.3. The minimum absolute atomic E-state index is 0. The fourth-order valence-corrected chi connectivity index (χ4v) is 2.50. The molecule has 150 valence electrons. The molecule has 0 saturated carbocycles. The van der Waals surface area contributed by atoms with Gasteiger partial charge in [-0.15, -0.1) is 0 Å². The normalized spacial score (nSPS) is 10.0. The summed E-state index contributed by atoms with van der Waals surface area (Å²) in [5.41, 5.74) is 3.78. The molecule has 3 rings (SSSR count). The second-order valence-corrected chi connectivity index (χ2v) is 6.52. The van der Waals surface area contributed by atoms with E-state index in [1.165, 1.54) is 30.5 Å². The zero-order chi connectivity index (χ0) is 20.9. The number of carboxylic acid groups (broad SMARTS) is 1. The zero-order valence-corrected chi connectivity index (χ0v) is 19.5. The molecule has 0 aliphatic carbocycles. The second-order valence-electron chi connectivity index (χ2n) is 6.52. The molecule has 0 bridgehead atoms. The average molecular weight is 412 g/mol. The first-order valence-electron chi connectivity index (χ1n) is 9.60. The second kappa shape index (κ2) is 14.5. The molecule has 0 spiro atoms. The van der Waals surface area contributed by atoms with Gasteiger partial charge in [0, 0.05) is 12.4 Å². The van der Waals surface area contributed by atoms with Crippen LogP contribution in [0.5, 0.6) is 5.75 Å². The monoisotopic (exact) mass is 412 g/mol. The number of rotatable bonds is 7. The van der Waals surface area contributed by atoms with Gasteiger partial charge in [-0.25, -0.2) is 0 Å². The number of benzene rings is 3. The van der Waals surface area contributed by atoms with Crippen LogP contribution in [0.25, 0.3) is 0 Å². The van der Waals surface area contributed by atoms with Gasteiger partial charge in [0.1, 0.15) is 5.75 Å². The summed E-state index contributed by atoms with van der Waals surface area (Å²) in [6.07, 6.45) is 3.51. The first-order chi connectivity index (χ1) is 14.1. The van der Waals surface area contributed by atoms with Crippen molar-refractivity contribution in [2.24, 2.45) is 10.2 Å². The summed E-state index contributed by atoms with van der Waals surface area (Å²) in [5.74, 6) is -0.984. The van der Waals surface area contributed by atoms with Crippen LogP contribution < -0.4 is 34.7 Å². The van der Waals surface area contributed by atoms with E-state index in [2.05, 4.69) is 29.3 Å². The number of hydrogen-bond donors (Lipinski definition) is 1. The van der Waals surface area contributed by atoms with E-state index in [-0.39, 0.29) is 41.7 Å². The van der Waals surface area contributed by atoms with Gasteiger partial charge in [-0.3, -0.25) is 0 Å². The molecule has 0 saturated heterocycles. The van der Waals surface area contributed by atoms with E-state index in [4.69, 9.17) is 5.11 Å².